The van der Waals surface area contributed by atoms with Crippen molar-refractivity contribution >= 4 is 45.6 Å². The highest BCUT2D eigenvalue weighted by molar-refractivity contribution is 9.10. The molecule has 0 radical (unpaired) electrons. The van der Waals surface area contributed by atoms with Gasteiger partial charge in [-0.05, 0) is 147 Å². The SMILES string of the molecule is COCCCOc1cc(C(=O)N(C(C)C)[C@@H]2CCCN(C(=O)OC(C)(C)C)C2)ccc1Br.COCCCOc1cc(C(=O)N(C(C)C)[C@@H]2CCCN(C(=O)OC(C)(C)C)C2)ccc1N1CCOCC1. The van der Waals surface area contributed by atoms with Gasteiger partial charge in [-0.2, -0.15) is 0 Å². The molecule has 2 aromatic carbocycles. The minimum Gasteiger partial charge on any atom is -0.492 e. The number of morpholine rings is 1. The van der Waals surface area contributed by atoms with E-state index in [0.717, 1.165) is 61.8 Å². The lowest BCUT2D eigenvalue weighted by molar-refractivity contribution is 0.00724. The number of carbonyl (C=O) groups excluding carboxylic acids is 4. The maximum absolute atomic E-state index is 13.9. The molecule has 2 atom stereocenters. The maximum atomic E-state index is 13.9. The van der Waals surface area contributed by atoms with E-state index in [-0.39, 0.29) is 48.2 Å². The Labute approximate surface area is 420 Å². The zero-order chi connectivity index (χ0) is 50.9. The lowest BCUT2D eigenvalue weighted by atomic mass is 10.0. The van der Waals surface area contributed by atoms with Crippen molar-refractivity contribution in [2.45, 2.75) is 143 Å². The summed E-state index contributed by atoms with van der Waals surface area (Å²) in [6.07, 6.45) is 4.22. The van der Waals surface area contributed by atoms with E-state index in [1.54, 1.807) is 36.2 Å². The van der Waals surface area contributed by atoms with Crippen LogP contribution in [-0.2, 0) is 23.7 Å². The molecule has 0 aliphatic carbocycles. The Morgan fingerprint density at radius 1 is 0.652 bits per heavy atom. The van der Waals surface area contributed by atoms with E-state index in [9.17, 15) is 19.2 Å². The fourth-order valence-electron chi connectivity index (χ4n) is 8.64. The second-order valence-corrected chi connectivity index (χ2v) is 21.2. The second kappa shape index (κ2) is 27.3. The van der Waals surface area contributed by atoms with Crippen molar-refractivity contribution in [1.29, 1.82) is 0 Å². The van der Waals surface area contributed by atoms with Gasteiger partial charge in [0, 0.05) is 103 Å². The van der Waals surface area contributed by atoms with Gasteiger partial charge in [-0.3, -0.25) is 9.59 Å². The zero-order valence-electron chi connectivity index (χ0n) is 43.6. The van der Waals surface area contributed by atoms with E-state index in [4.69, 9.17) is 33.2 Å². The quantitative estimate of drug-likeness (QED) is 0.139. The first-order chi connectivity index (χ1) is 32.6. The lowest BCUT2D eigenvalue weighted by Gasteiger charge is -2.41. The number of anilines is 1. The third kappa shape index (κ3) is 18.1. The molecule has 3 fully saturated rings. The number of methoxy groups -OCH3 is 2. The van der Waals surface area contributed by atoms with Crippen LogP contribution in [0.3, 0.4) is 0 Å². The topological polar surface area (TPSA) is 149 Å². The van der Waals surface area contributed by atoms with Crippen LogP contribution >= 0.6 is 15.9 Å². The Morgan fingerprint density at radius 3 is 1.52 bits per heavy atom. The van der Waals surface area contributed by atoms with Crippen LogP contribution < -0.4 is 14.4 Å². The van der Waals surface area contributed by atoms with Crippen LogP contribution in [0.4, 0.5) is 15.3 Å². The van der Waals surface area contributed by atoms with Gasteiger partial charge in [0.25, 0.3) is 11.8 Å². The monoisotopic (exact) mass is 1030 g/mol. The summed E-state index contributed by atoms with van der Waals surface area (Å²) in [5, 5.41) is 0. The molecule has 0 N–H and O–H groups in total. The number of hydrogen-bond acceptors (Lipinski definition) is 12. The highest BCUT2D eigenvalue weighted by atomic mass is 79.9. The normalized spacial score (nSPS) is 17.8. The van der Waals surface area contributed by atoms with Crippen LogP contribution in [0.25, 0.3) is 0 Å². The molecule has 0 bridgehead atoms. The fraction of sp³-hybridized carbons (Fsp3) is 0.692. The van der Waals surface area contributed by atoms with Crippen LogP contribution in [0, 0.1) is 0 Å². The molecule has 69 heavy (non-hydrogen) atoms. The molecule has 4 amide bonds. The van der Waals surface area contributed by atoms with Crippen LogP contribution in [0.15, 0.2) is 40.9 Å². The van der Waals surface area contributed by atoms with E-state index in [1.165, 1.54) is 0 Å². The Morgan fingerprint density at radius 2 is 1.09 bits per heavy atom. The Hall–Kier alpha value is -4.32. The van der Waals surface area contributed by atoms with E-state index >= 15 is 0 Å². The lowest BCUT2D eigenvalue weighted by Crippen LogP contribution is -2.54. The van der Waals surface area contributed by atoms with Crippen molar-refractivity contribution in [1.82, 2.24) is 19.6 Å². The van der Waals surface area contributed by atoms with Crippen molar-refractivity contribution in [3.8, 4) is 11.5 Å². The highest BCUT2D eigenvalue weighted by Crippen LogP contribution is 2.33. The van der Waals surface area contributed by atoms with Gasteiger partial charge in [-0.15, -0.1) is 0 Å². The minimum atomic E-state index is -0.556. The van der Waals surface area contributed by atoms with Crippen LogP contribution in [0.5, 0.6) is 11.5 Å². The number of hydrogen-bond donors (Lipinski definition) is 0. The van der Waals surface area contributed by atoms with Crippen LogP contribution in [0.1, 0.15) is 128 Å². The molecular formula is C52H82BrN5O11. The standard InChI is InChI=1S/C28H45N3O6.C24H37BrN2O5/c1-21(2)31(23-9-7-12-30(20-23)27(33)37-28(3,4)5)26(32)22-10-11-24(29-13-17-35-18-14-29)25(19-22)36-16-8-15-34-6;1-17(2)27(19-9-7-12-26(16-19)23(29)32-24(3,4)5)22(28)18-10-11-20(25)21(15-18)31-14-8-13-30-6/h10-11,19,21,23H,7-9,12-18,20H2,1-6H3;10-11,15,17,19H,7-9,12-14,16H2,1-6H3/t23-;19-/m11/s1. The number of benzene rings is 2. The molecule has 0 saturated carbocycles. The molecule has 3 saturated heterocycles. The number of rotatable bonds is 17. The van der Waals surface area contributed by atoms with Crippen molar-refractivity contribution in [2.75, 3.05) is 98.0 Å². The van der Waals surface area contributed by atoms with Crippen molar-refractivity contribution in [2.24, 2.45) is 0 Å². The number of likely N-dealkylation sites (tertiary alicyclic amines) is 2. The molecular weight excluding hydrogens is 950 g/mol. The largest absolute Gasteiger partial charge is 0.492 e. The maximum Gasteiger partial charge on any atom is 0.410 e. The molecule has 2 aromatic rings. The summed E-state index contributed by atoms with van der Waals surface area (Å²) in [5.74, 6) is 1.22. The number of amides is 4. The molecule has 0 unspecified atom stereocenters. The molecule has 0 aromatic heterocycles. The van der Waals surface area contributed by atoms with Crippen molar-refractivity contribution < 1.29 is 52.3 Å². The molecule has 0 spiro atoms. The summed E-state index contributed by atoms with van der Waals surface area (Å²) >= 11 is 3.50. The van der Waals surface area contributed by atoms with Crippen LogP contribution in [0.2, 0.25) is 0 Å². The molecule has 17 heteroatoms. The molecule has 388 valence electrons. The molecule has 5 rings (SSSR count). The van der Waals surface area contributed by atoms with Crippen molar-refractivity contribution in [3.05, 3.63) is 52.0 Å². The number of ether oxygens (including phenoxy) is 7. The predicted octanol–water partition coefficient (Wildman–Crippen LogP) is 9.30. The first-order valence-corrected chi connectivity index (χ1v) is 25.5. The summed E-state index contributed by atoms with van der Waals surface area (Å²) in [6.45, 7) is 26.6. The number of halogens is 1. The first kappa shape index (κ1) is 57.3. The third-order valence-corrected chi connectivity index (χ3v) is 12.4. The predicted molar refractivity (Wildman–Crippen MR) is 272 cm³/mol. The molecule has 3 aliphatic rings. The molecule has 16 nitrogen and oxygen atoms in total. The summed E-state index contributed by atoms with van der Waals surface area (Å²) in [6, 6.07) is 11.0. The van der Waals surface area contributed by atoms with Gasteiger partial charge in [0.15, 0.2) is 0 Å². The van der Waals surface area contributed by atoms with Gasteiger partial charge in [-0.1, -0.05) is 0 Å². The first-order valence-electron chi connectivity index (χ1n) is 24.7. The Bertz CT molecular complexity index is 1950. The Balaban J connectivity index is 0.000000304. The number of nitrogens with zero attached hydrogens (tertiary/aromatic N) is 5. The summed E-state index contributed by atoms with van der Waals surface area (Å²) in [5.41, 5.74) is 1.02. The van der Waals surface area contributed by atoms with E-state index in [2.05, 4.69) is 20.8 Å². The number of piperidine rings is 2. The van der Waals surface area contributed by atoms with E-state index in [0.29, 0.717) is 88.4 Å². The average Bonchev–Trinajstić information content (AvgIpc) is 3.29. The number of carbonyl (C=O) groups is 4. The fourth-order valence-corrected chi connectivity index (χ4v) is 9.00. The highest BCUT2D eigenvalue weighted by Gasteiger charge is 2.36. The van der Waals surface area contributed by atoms with Gasteiger partial charge < -0.3 is 57.7 Å². The minimum absolute atomic E-state index is 0.0131. The van der Waals surface area contributed by atoms with Gasteiger partial charge in [0.2, 0.25) is 0 Å². The second-order valence-electron chi connectivity index (χ2n) is 20.4. The zero-order valence-corrected chi connectivity index (χ0v) is 45.2. The van der Waals surface area contributed by atoms with Gasteiger partial charge in [-0.25, -0.2) is 9.59 Å². The summed E-state index contributed by atoms with van der Waals surface area (Å²) in [7, 11) is 3.33. The average molecular weight is 1030 g/mol. The van der Waals surface area contributed by atoms with Gasteiger partial charge >= 0.3 is 12.2 Å². The van der Waals surface area contributed by atoms with Crippen molar-refractivity contribution in [3.63, 3.8) is 0 Å². The van der Waals surface area contributed by atoms with Crippen LogP contribution in [-0.4, -0.2) is 172 Å². The van der Waals surface area contributed by atoms with Gasteiger partial charge in [0.1, 0.15) is 22.7 Å². The molecule has 3 aliphatic heterocycles. The summed E-state index contributed by atoms with van der Waals surface area (Å²) in [4.78, 5) is 62.2. The van der Waals surface area contributed by atoms with E-state index < -0.39 is 11.2 Å². The Kier molecular flexibility index (Phi) is 22.7. The smallest absolute Gasteiger partial charge is 0.410 e. The van der Waals surface area contributed by atoms with Gasteiger partial charge in [0.05, 0.1) is 48.7 Å². The summed E-state index contributed by atoms with van der Waals surface area (Å²) < 4.78 is 39.7. The molecule has 3 heterocycles. The van der Waals surface area contributed by atoms with E-state index in [1.807, 2.05) is 103 Å². The third-order valence-electron chi connectivity index (χ3n) is 11.7.